The van der Waals surface area contributed by atoms with Gasteiger partial charge in [-0.05, 0) is 25.8 Å². The van der Waals surface area contributed by atoms with Crippen molar-refractivity contribution in [1.82, 2.24) is 15.1 Å². The van der Waals surface area contributed by atoms with E-state index in [0.717, 1.165) is 22.3 Å². The number of carbonyl (C=O) groups excluding carboxylic acids is 1. The van der Waals surface area contributed by atoms with Gasteiger partial charge in [0.1, 0.15) is 4.83 Å². The van der Waals surface area contributed by atoms with Gasteiger partial charge in [-0.15, -0.1) is 11.3 Å². The summed E-state index contributed by atoms with van der Waals surface area (Å²) in [7, 11) is 1.85. The van der Waals surface area contributed by atoms with Crippen molar-refractivity contribution in [3.8, 4) is 0 Å². The zero-order valence-corrected chi connectivity index (χ0v) is 12.8. The molecule has 2 heterocycles. The minimum Gasteiger partial charge on any atom is -0.481 e. The standard InChI is InChI=1S/C14H17N3O3S/c1-8-9-6-10(21-12(9)17(2)16-8)11(18)15-7-14(13(19)20)4-3-5-14/h6H,3-5,7H2,1-2H3,(H,15,18)(H,19,20). The molecular weight excluding hydrogens is 290 g/mol. The Morgan fingerprint density at radius 1 is 1.52 bits per heavy atom. The maximum absolute atomic E-state index is 12.2. The Balaban J connectivity index is 1.75. The number of carboxylic acid groups (broad SMARTS) is 1. The Labute approximate surface area is 125 Å². The van der Waals surface area contributed by atoms with Crippen LogP contribution in [0.1, 0.15) is 34.6 Å². The summed E-state index contributed by atoms with van der Waals surface area (Å²) >= 11 is 1.38. The smallest absolute Gasteiger partial charge is 0.311 e. The number of carboxylic acids is 1. The van der Waals surface area contributed by atoms with Crippen molar-refractivity contribution < 1.29 is 14.7 Å². The van der Waals surface area contributed by atoms with E-state index in [1.165, 1.54) is 11.3 Å². The third kappa shape index (κ3) is 2.21. The molecule has 1 saturated carbocycles. The average molecular weight is 307 g/mol. The second-order valence-electron chi connectivity index (χ2n) is 5.66. The monoisotopic (exact) mass is 307 g/mol. The molecule has 1 fully saturated rings. The minimum atomic E-state index is -0.814. The SMILES string of the molecule is Cc1nn(C)c2sc(C(=O)NCC3(C(=O)O)CCC3)cc12. The Hall–Kier alpha value is -1.89. The predicted octanol–water partition coefficient (Wildman–Crippen LogP) is 1.93. The largest absolute Gasteiger partial charge is 0.481 e. The van der Waals surface area contributed by atoms with Crippen LogP contribution >= 0.6 is 11.3 Å². The number of hydrogen-bond acceptors (Lipinski definition) is 4. The van der Waals surface area contributed by atoms with Gasteiger partial charge in [0, 0.05) is 19.0 Å². The number of carbonyl (C=O) groups is 2. The van der Waals surface area contributed by atoms with Crippen LogP contribution in [-0.2, 0) is 11.8 Å². The molecule has 7 heteroatoms. The fourth-order valence-corrected chi connectivity index (χ4v) is 3.76. The van der Waals surface area contributed by atoms with E-state index in [-0.39, 0.29) is 12.5 Å². The number of nitrogens with zero attached hydrogens (tertiary/aromatic N) is 2. The molecule has 0 spiro atoms. The summed E-state index contributed by atoms with van der Waals surface area (Å²) in [5, 5.41) is 17.3. The highest BCUT2D eigenvalue weighted by Crippen LogP contribution is 2.40. The van der Waals surface area contributed by atoms with E-state index in [0.29, 0.717) is 17.7 Å². The van der Waals surface area contributed by atoms with E-state index in [9.17, 15) is 14.7 Å². The zero-order chi connectivity index (χ0) is 15.2. The molecule has 0 radical (unpaired) electrons. The van der Waals surface area contributed by atoms with E-state index >= 15 is 0 Å². The third-order valence-electron chi connectivity index (χ3n) is 4.27. The lowest BCUT2D eigenvalue weighted by molar-refractivity contribution is -0.153. The second-order valence-corrected chi connectivity index (χ2v) is 6.69. The van der Waals surface area contributed by atoms with E-state index in [1.54, 1.807) is 4.68 Å². The van der Waals surface area contributed by atoms with Crippen LogP contribution in [0.5, 0.6) is 0 Å². The van der Waals surface area contributed by atoms with Crippen molar-refractivity contribution in [2.45, 2.75) is 26.2 Å². The minimum absolute atomic E-state index is 0.201. The number of aliphatic carboxylic acids is 1. The molecule has 0 bridgehead atoms. The van der Waals surface area contributed by atoms with Crippen LogP contribution in [0.15, 0.2) is 6.07 Å². The molecular formula is C14H17N3O3S. The molecule has 1 amide bonds. The fraction of sp³-hybridized carbons (Fsp3) is 0.500. The Morgan fingerprint density at radius 2 is 2.24 bits per heavy atom. The first-order chi connectivity index (χ1) is 9.93. The van der Waals surface area contributed by atoms with Crippen molar-refractivity contribution in [2.24, 2.45) is 12.5 Å². The molecule has 0 unspecified atom stereocenters. The van der Waals surface area contributed by atoms with Crippen molar-refractivity contribution in [3.63, 3.8) is 0 Å². The molecule has 6 nitrogen and oxygen atoms in total. The molecule has 2 aromatic heterocycles. The number of rotatable bonds is 4. The van der Waals surface area contributed by atoms with Gasteiger partial charge < -0.3 is 10.4 Å². The molecule has 21 heavy (non-hydrogen) atoms. The van der Waals surface area contributed by atoms with Crippen LogP contribution < -0.4 is 5.32 Å². The number of aromatic nitrogens is 2. The summed E-state index contributed by atoms with van der Waals surface area (Å²) in [6.07, 6.45) is 2.19. The molecule has 0 aliphatic heterocycles. The van der Waals surface area contributed by atoms with Gasteiger partial charge in [0.15, 0.2) is 0 Å². The maximum atomic E-state index is 12.2. The molecule has 0 saturated heterocycles. The third-order valence-corrected chi connectivity index (χ3v) is 5.47. The molecule has 0 aromatic carbocycles. The zero-order valence-electron chi connectivity index (χ0n) is 12.0. The number of thiophene rings is 1. The lowest BCUT2D eigenvalue weighted by atomic mass is 9.69. The van der Waals surface area contributed by atoms with Crippen LogP contribution in [-0.4, -0.2) is 33.3 Å². The summed E-state index contributed by atoms with van der Waals surface area (Å²) in [6, 6.07) is 1.83. The van der Waals surface area contributed by atoms with Crippen molar-refractivity contribution in [1.29, 1.82) is 0 Å². The fourth-order valence-electron chi connectivity index (χ4n) is 2.72. The molecule has 3 rings (SSSR count). The van der Waals surface area contributed by atoms with Gasteiger partial charge in [0.25, 0.3) is 5.91 Å². The van der Waals surface area contributed by atoms with Gasteiger partial charge in [-0.25, -0.2) is 0 Å². The first-order valence-corrected chi connectivity index (χ1v) is 7.69. The van der Waals surface area contributed by atoms with Crippen molar-refractivity contribution in [3.05, 3.63) is 16.6 Å². The van der Waals surface area contributed by atoms with Gasteiger partial charge in [0.2, 0.25) is 0 Å². The van der Waals surface area contributed by atoms with Crippen LogP contribution in [0.4, 0.5) is 0 Å². The van der Waals surface area contributed by atoms with Crippen molar-refractivity contribution in [2.75, 3.05) is 6.54 Å². The maximum Gasteiger partial charge on any atom is 0.311 e. The lowest BCUT2D eigenvalue weighted by Crippen LogP contribution is -2.47. The highest BCUT2D eigenvalue weighted by atomic mass is 32.1. The molecule has 112 valence electrons. The Bertz CT molecular complexity index is 693. The summed E-state index contributed by atoms with van der Waals surface area (Å²) in [4.78, 5) is 25.1. The summed E-state index contributed by atoms with van der Waals surface area (Å²) in [6.45, 7) is 2.11. The number of nitrogens with one attached hydrogen (secondary N) is 1. The van der Waals surface area contributed by atoms with E-state index < -0.39 is 11.4 Å². The first-order valence-electron chi connectivity index (χ1n) is 6.88. The predicted molar refractivity (Wildman–Crippen MR) is 79.6 cm³/mol. The van der Waals surface area contributed by atoms with Crippen LogP contribution in [0.2, 0.25) is 0 Å². The van der Waals surface area contributed by atoms with Gasteiger partial charge in [-0.1, -0.05) is 6.42 Å². The topological polar surface area (TPSA) is 84.2 Å². The van der Waals surface area contributed by atoms with Crippen LogP contribution in [0, 0.1) is 12.3 Å². The Morgan fingerprint density at radius 3 is 2.76 bits per heavy atom. The highest BCUT2D eigenvalue weighted by molar-refractivity contribution is 7.20. The molecule has 1 aliphatic carbocycles. The van der Waals surface area contributed by atoms with Crippen LogP contribution in [0.25, 0.3) is 10.2 Å². The quantitative estimate of drug-likeness (QED) is 0.904. The second kappa shape index (κ2) is 4.84. The molecule has 0 atom stereocenters. The van der Waals surface area contributed by atoms with E-state index in [2.05, 4.69) is 10.4 Å². The number of amides is 1. The van der Waals surface area contributed by atoms with E-state index in [4.69, 9.17) is 0 Å². The average Bonchev–Trinajstić information content (AvgIpc) is 2.90. The first kappa shape index (κ1) is 14.1. The normalized spacial score (nSPS) is 16.7. The summed E-state index contributed by atoms with van der Waals surface area (Å²) in [5.41, 5.74) is 0.132. The van der Waals surface area contributed by atoms with Gasteiger partial charge in [0.05, 0.1) is 16.0 Å². The molecule has 1 aliphatic rings. The number of fused-ring (bicyclic) bond motifs is 1. The molecule has 2 N–H and O–H groups in total. The van der Waals surface area contributed by atoms with Gasteiger partial charge in [-0.2, -0.15) is 5.10 Å². The Kier molecular flexibility index (Phi) is 3.24. The van der Waals surface area contributed by atoms with Gasteiger partial charge >= 0.3 is 5.97 Å². The number of aryl methyl sites for hydroxylation is 2. The summed E-state index contributed by atoms with van der Waals surface area (Å²) < 4.78 is 1.76. The number of hydrogen-bond donors (Lipinski definition) is 2. The highest BCUT2D eigenvalue weighted by Gasteiger charge is 2.44. The van der Waals surface area contributed by atoms with Crippen LogP contribution in [0.3, 0.4) is 0 Å². The van der Waals surface area contributed by atoms with Crippen molar-refractivity contribution >= 4 is 33.4 Å². The summed E-state index contributed by atoms with van der Waals surface area (Å²) in [5.74, 6) is -1.02. The lowest BCUT2D eigenvalue weighted by Gasteiger charge is -2.37. The van der Waals surface area contributed by atoms with E-state index in [1.807, 2.05) is 20.0 Å². The molecule has 2 aromatic rings. The van der Waals surface area contributed by atoms with Gasteiger partial charge in [-0.3, -0.25) is 14.3 Å².